The highest BCUT2D eigenvalue weighted by Gasteiger charge is 2.13. The number of hydrogen-bond donors (Lipinski definition) is 3. The topological polar surface area (TPSA) is 70.2 Å². The van der Waals surface area contributed by atoms with Crippen LogP contribution >= 0.6 is 12.4 Å². The zero-order valence-electron chi connectivity index (χ0n) is 11.1. The molecular formula is C12H20ClN3O2S. The summed E-state index contributed by atoms with van der Waals surface area (Å²) in [6.07, 6.45) is 0. The van der Waals surface area contributed by atoms with Crippen LogP contribution in [-0.2, 0) is 29.8 Å². The number of hydrogen-bond acceptors (Lipinski definition) is 3. The van der Waals surface area contributed by atoms with Gasteiger partial charge in [-0.05, 0) is 30.5 Å². The van der Waals surface area contributed by atoms with Gasteiger partial charge in [-0.3, -0.25) is 0 Å². The molecule has 2 rings (SSSR count). The Bertz CT molecular complexity index is 532. The van der Waals surface area contributed by atoms with Crippen LogP contribution in [0, 0.1) is 0 Å². The van der Waals surface area contributed by atoms with Crippen LogP contribution < -0.4 is 14.8 Å². The van der Waals surface area contributed by atoms with E-state index >= 15 is 0 Å². The normalized spacial score (nSPS) is 14.3. The SMILES string of the molecule is CC(C)NS(=O)(=O)NCc1ccc2c(c1)CNC2.Cl. The number of halogens is 1. The second-order valence-electron chi connectivity index (χ2n) is 4.80. The van der Waals surface area contributed by atoms with Crippen LogP contribution in [0.3, 0.4) is 0 Å². The first-order valence-electron chi connectivity index (χ1n) is 6.04. The molecule has 0 saturated carbocycles. The quantitative estimate of drug-likeness (QED) is 0.761. The smallest absolute Gasteiger partial charge is 0.277 e. The fourth-order valence-electron chi connectivity index (χ4n) is 1.99. The average Bonchev–Trinajstić information content (AvgIpc) is 2.71. The Balaban J connectivity index is 0.00000180. The number of benzene rings is 1. The van der Waals surface area contributed by atoms with Crippen molar-refractivity contribution in [2.75, 3.05) is 0 Å². The van der Waals surface area contributed by atoms with E-state index < -0.39 is 10.2 Å². The van der Waals surface area contributed by atoms with E-state index in [4.69, 9.17) is 0 Å². The van der Waals surface area contributed by atoms with E-state index in [1.54, 1.807) is 13.8 Å². The first-order chi connectivity index (χ1) is 8.46. The Hall–Kier alpha value is -0.660. The van der Waals surface area contributed by atoms with Crippen molar-refractivity contribution in [1.82, 2.24) is 14.8 Å². The van der Waals surface area contributed by atoms with Crippen LogP contribution in [-0.4, -0.2) is 14.5 Å². The summed E-state index contributed by atoms with van der Waals surface area (Å²) in [4.78, 5) is 0. The standard InChI is InChI=1S/C12H19N3O2S.ClH/c1-9(2)15-18(16,17)14-6-10-3-4-11-7-13-8-12(11)5-10;/h3-5,9,13-15H,6-8H2,1-2H3;1H. The molecule has 1 aromatic rings. The Morgan fingerprint density at radius 3 is 2.63 bits per heavy atom. The van der Waals surface area contributed by atoms with Gasteiger partial charge in [-0.25, -0.2) is 0 Å². The molecule has 0 saturated heterocycles. The molecule has 1 aromatic carbocycles. The molecule has 3 N–H and O–H groups in total. The van der Waals surface area contributed by atoms with Crippen LogP contribution in [0.4, 0.5) is 0 Å². The summed E-state index contributed by atoms with van der Waals surface area (Å²) in [5.41, 5.74) is 3.53. The molecular weight excluding hydrogens is 286 g/mol. The molecule has 19 heavy (non-hydrogen) atoms. The summed E-state index contributed by atoms with van der Waals surface area (Å²) in [7, 11) is -3.41. The van der Waals surface area contributed by atoms with E-state index in [1.165, 1.54) is 11.1 Å². The lowest BCUT2D eigenvalue weighted by molar-refractivity contribution is 0.554. The van der Waals surface area contributed by atoms with E-state index in [0.29, 0.717) is 6.54 Å². The van der Waals surface area contributed by atoms with Crippen molar-refractivity contribution < 1.29 is 8.42 Å². The maximum absolute atomic E-state index is 11.6. The molecule has 1 heterocycles. The van der Waals surface area contributed by atoms with Crippen molar-refractivity contribution in [2.45, 2.75) is 39.5 Å². The maximum Gasteiger partial charge on any atom is 0.277 e. The minimum atomic E-state index is -3.41. The molecule has 0 fully saturated rings. The lowest BCUT2D eigenvalue weighted by atomic mass is 10.1. The summed E-state index contributed by atoms with van der Waals surface area (Å²) in [6.45, 7) is 5.66. The minimum absolute atomic E-state index is 0. The molecule has 0 aromatic heterocycles. The summed E-state index contributed by atoms with van der Waals surface area (Å²) < 4.78 is 28.3. The van der Waals surface area contributed by atoms with E-state index in [2.05, 4.69) is 20.8 Å². The summed E-state index contributed by atoms with van der Waals surface area (Å²) >= 11 is 0. The van der Waals surface area contributed by atoms with Crippen molar-refractivity contribution in [3.05, 3.63) is 34.9 Å². The summed E-state index contributed by atoms with van der Waals surface area (Å²) in [5, 5.41) is 3.26. The Morgan fingerprint density at radius 2 is 1.95 bits per heavy atom. The monoisotopic (exact) mass is 305 g/mol. The highest BCUT2D eigenvalue weighted by Crippen LogP contribution is 2.16. The van der Waals surface area contributed by atoms with Crippen LogP contribution in [0.25, 0.3) is 0 Å². The molecule has 108 valence electrons. The third kappa shape index (κ3) is 4.74. The van der Waals surface area contributed by atoms with Gasteiger partial charge in [0.25, 0.3) is 10.2 Å². The number of fused-ring (bicyclic) bond motifs is 1. The molecule has 0 radical (unpaired) electrons. The molecule has 7 heteroatoms. The second-order valence-corrected chi connectivity index (χ2v) is 6.33. The summed E-state index contributed by atoms with van der Waals surface area (Å²) in [5.74, 6) is 0. The molecule has 0 spiro atoms. The predicted octanol–water partition coefficient (Wildman–Crippen LogP) is 1.04. The lowest BCUT2D eigenvalue weighted by Gasteiger charge is -2.11. The highest BCUT2D eigenvalue weighted by molar-refractivity contribution is 7.87. The third-order valence-corrected chi connectivity index (χ3v) is 4.06. The van der Waals surface area contributed by atoms with Crippen molar-refractivity contribution in [2.24, 2.45) is 0 Å². The Kier molecular flexibility index (Phi) is 5.76. The second kappa shape index (κ2) is 6.67. The van der Waals surface area contributed by atoms with Gasteiger partial charge in [-0.2, -0.15) is 17.9 Å². The largest absolute Gasteiger partial charge is 0.309 e. The van der Waals surface area contributed by atoms with Gasteiger partial charge >= 0.3 is 0 Å². The molecule has 1 aliphatic heterocycles. The Morgan fingerprint density at radius 1 is 1.26 bits per heavy atom. The van der Waals surface area contributed by atoms with Crippen LogP contribution in [0.15, 0.2) is 18.2 Å². The molecule has 0 amide bonds. The highest BCUT2D eigenvalue weighted by atomic mass is 35.5. The van der Waals surface area contributed by atoms with Gasteiger partial charge < -0.3 is 5.32 Å². The third-order valence-electron chi connectivity index (χ3n) is 2.76. The fraction of sp³-hybridized carbons (Fsp3) is 0.500. The van der Waals surface area contributed by atoms with Gasteiger partial charge in [0.2, 0.25) is 0 Å². The first-order valence-corrected chi connectivity index (χ1v) is 7.53. The van der Waals surface area contributed by atoms with Crippen molar-refractivity contribution in [3.63, 3.8) is 0 Å². The van der Waals surface area contributed by atoms with Crippen molar-refractivity contribution >= 4 is 22.6 Å². The lowest BCUT2D eigenvalue weighted by Crippen LogP contribution is -2.39. The molecule has 0 atom stereocenters. The predicted molar refractivity (Wildman–Crippen MR) is 78.3 cm³/mol. The van der Waals surface area contributed by atoms with E-state index in [0.717, 1.165) is 18.7 Å². The molecule has 0 aliphatic carbocycles. The Labute approximate surface area is 120 Å². The van der Waals surface area contributed by atoms with E-state index in [-0.39, 0.29) is 18.4 Å². The van der Waals surface area contributed by atoms with E-state index in [1.807, 2.05) is 12.1 Å². The molecule has 5 nitrogen and oxygen atoms in total. The molecule has 0 unspecified atom stereocenters. The first kappa shape index (κ1) is 16.4. The van der Waals surface area contributed by atoms with Crippen molar-refractivity contribution in [3.8, 4) is 0 Å². The fourth-order valence-corrected chi connectivity index (χ4v) is 3.05. The van der Waals surface area contributed by atoms with E-state index in [9.17, 15) is 8.42 Å². The number of rotatable bonds is 5. The van der Waals surface area contributed by atoms with Gasteiger partial charge in [-0.1, -0.05) is 18.2 Å². The van der Waals surface area contributed by atoms with Crippen LogP contribution in [0.1, 0.15) is 30.5 Å². The van der Waals surface area contributed by atoms with Crippen LogP contribution in [0.2, 0.25) is 0 Å². The average molecular weight is 306 g/mol. The molecule has 1 aliphatic rings. The van der Waals surface area contributed by atoms with Gasteiger partial charge in [0.15, 0.2) is 0 Å². The maximum atomic E-state index is 11.6. The zero-order valence-corrected chi connectivity index (χ0v) is 12.7. The minimum Gasteiger partial charge on any atom is -0.309 e. The van der Waals surface area contributed by atoms with Gasteiger partial charge in [-0.15, -0.1) is 12.4 Å². The van der Waals surface area contributed by atoms with Gasteiger partial charge in [0.05, 0.1) is 0 Å². The van der Waals surface area contributed by atoms with Gasteiger partial charge in [0.1, 0.15) is 0 Å². The van der Waals surface area contributed by atoms with Crippen molar-refractivity contribution in [1.29, 1.82) is 0 Å². The zero-order chi connectivity index (χ0) is 13.2. The number of nitrogens with one attached hydrogen (secondary N) is 3. The summed E-state index contributed by atoms with van der Waals surface area (Å²) in [6, 6.07) is 5.96. The molecule has 0 bridgehead atoms. The van der Waals surface area contributed by atoms with Gasteiger partial charge in [0, 0.05) is 25.7 Å². The van der Waals surface area contributed by atoms with Crippen LogP contribution in [0.5, 0.6) is 0 Å².